The molecule has 0 saturated carbocycles. The van der Waals surface area contributed by atoms with Crippen molar-refractivity contribution in [2.75, 3.05) is 0 Å². The second-order valence-corrected chi connectivity index (χ2v) is 5.22. The molecule has 0 amide bonds. The van der Waals surface area contributed by atoms with Crippen LogP contribution in [0.1, 0.15) is 27.7 Å². The minimum Gasteiger partial charge on any atom is -0.458 e. The summed E-state index contributed by atoms with van der Waals surface area (Å²) in [4.78, 5) is 45.1. The maximum absolute atomic E-state index is 11.5. The van der Waals surface area contributed by atoms with E-state index in [4.69, 9.17) is 30.5 Å². The first-order valence-corrected chi connectivity index (χ1v) is 6.87. The summed E-state index contributed by atoms with van der Waals surface area (Å²) >= 11 is 5.46. The Morgan fingerprint density at radius 1 is 0.864 bits per heavy atom. The van der Waals surface area contributed by atoms with Gasteiger partial charge in [0.05, 0.1) is 0 Å². The molecule has 124 valence electrons. The predicted octanol–water partition coefficient (Wildman–Crippen LogP) is 0.539. The number of ether oxygens (including phenoxy) is 4. The molecule has 9 heteroatoms. The van der Waals surface area contributed by atoms with Crippen LogP contribution < -0.4 is 0 Å². The number of halogens is 1. The number of esters is 3. The van der Waals surface area contributed by atoms with Crippen LogP contribution in [0.15, 0.2) is 0 Å². The van der Waals surface area contributed by atoms with E-state index >= 15 is 0 Å². The van der Waals surface area contributed by atoms with Crippen LogP contribution in [-0.2, 0) is 38.1 Å². The third-order valence-electron chi connectivity index (χ3n) is 2.98. The normalized spacial score (nSPS) is 31.0. The van der Waals surface area contributed by atoms with Gasteiger partial charge in [0.2, 0.25) is 12.4 Å². The Balaban J connectivity index is 3.15. The minimum atomic E-state index is -1.41. The van der Waals surface area contributed by atoms with Gasteiger partial charge in [-0.25, -0.2) is 0 Å². The largest absolute Gasteiger partial charge is 0.458 e. The number of rotatable bonds is 4. The minimum absolute atomic E-state index is 0.654. The van der Waals surface area contributed by atoms with Gasteiger partial charge in [-0.05, 0) is 11.6 Å². The van der Waals surface area contributed by atoms with E-state index in [1.54, 1.807) is 6.92 Å². The maximum atomic E-state index is 11.5. The Labute approximate surface area is 132 Å². The lowest BCUT2D eigenvalue weighted by Crippen LogP contribution is -2.58. The maximum Gasteiger partial charge on any atom is 0.305 e. The Morgan fingerprint density at radius 3 is 1.73 bits per heavy atom. The second kappa shape index (κ2) is 7.55. The van der Waals surface area contributed by atoms with Crippen molar-refractivity contribution in [1.29, 1.82) is 0 Å². The first-order chi connectivity index (χ1) is 10.1. The number of hydrogen-bond donors (Lipinski definition) is 0. The van der Waals surface area contributed by atoms with Gasteiger partial charge in [0.15, 0.2) is 6.10 Å². The second-order valence-electron chi connectivity index (χ2n) is 4.85. The zero-order chi connectivity index (χ0) is 17.0. The SMILES string of the molecule is CC(=O)OC1OC(C(=O)Cl)C(C)C(OC(C)=O)C1OC(C)=O. The van der Waals surface area contributed by atoms with Crippen LogP contribution in [0.2, 0.25) is 0 Å². The van der Waals surface area contributed by atoms with Gasteiger partial charge in [-0.1, -0.05) is 6.92 Å². The lowest BCUT2D eigenvalue weighted by Gasteiger charge is -2.42. The van der Waals surface area contributed by atoms with Crippen LogP contribution in [0.25, 0.3) is 0 Å². The van der Waals surface area contributed by atoms with Crippen LogP contribution in [-0.4, -0.2) is 47.8 Å². The smallest absolute Gasteiger partial charge is 0.305 e. The van der Waals surface area contributed by atoms with E-state index in [9.17, 15) is 19.2 Å². The Kier molecular flexibility index (Phi) is 6.31. The van der Waals surface area contributed by atoms with E-state index in [0.717, 1.165) is 20.8 Å². The van der Waals surface area contributed by atoms with Crippen molar-refractivity contribution in [2.24, 2.45) is 5.92 Å². The lowest BCUT2D eigenvalue weighted by atomic mass is 9.90. The summed E-state index contributed by atoms with van der Waals surface area (Å²) in [5, 5.41) is -0.844. The molecule has 5 unspecified atom stereocenters. The molecular weight excluding hydrogens is 320 g/mol. The molecule has 0 aliphatic carbocycles. The van der Waals surface area contributed by atoms with E-state index in [-0.39, 0.29) is 0 Å². The molecule has 1 aliphatic heterocycles. The van der Waals surface area contributed by atoms with Crippen molar-refractivity contribution in [3.63, 3.8) is 0 Å². The third kappa shape index (κ3) is 4.67. The van der Waals surface area contributed by atoms with Crippen molar-refractivity contribution in [3.8, 4) is 0 Å². The van der Waals surface area contributed by atoms with Gasteiger partial charge >= 0.3 is 17.9 Å². The standard InChI is InChI=1S/C13H17ClO8/c1-5-9(19-6(2)15)11(20-7(3)16)13(21-8(4)17)22-10(5)12(14)18/h5,9-11,13H,1-4H3. The average molecular weight is 337 g/mol. The summed E-state index contributed by atoms with van der Waals surface area (Å²) in [6.07, 6.45) is -4.84. The molecule has 1 fully saturated rings. The molecule has 0 aromatic carbocycles. The van der Waals surface area contributed by atoms with Gasteiger partial charge < -0.3 is 18.9 Å². The molecule has 0 bridgehead atoms. The lowest BCUT2D eigenvalue weighted by molar-refractivity contribution is -0.275. The zero-order valence-electron chi connectivity index (χ0n) is 12.5. The summed E-state index contributed by atoms with van der Waals surface area (Å²) < 4.78 is 20.4. The topological polar surface area (TPSA) is 105 Å². The summed E-state index contributed by atoms with van der Waals surface area (Å²) in [7, 11) is 0. The first kappa shape index (κ1) is 18.4. The molecule has 0 aromatic rings. The van der Waals surface area contributed by atoms with Gasteiger partial charge in [-0.3, -0.25) is 19.2 Å². The zero-order valence-corrected chi connectivity index (χ0v) is 13.3. The molecular formula is C13H17ClO8. The molecule has 1 saturated heterocycles. The van der Waals surface area contributed by atoms with Crippen LogP contribution in [0.5, 0.6) is 0 Å². The quantitative estimate of drug-likeness (QED) is 0.416. The van der Waals surface area contributed by atoms with Gasteiger partial charge in [0.25, 0.3) is 5.24 Å². The van der Waals surface area contributed by atoms with Gasteiger partial charge in [0.1, 0.15) is 6.10 Å². The molecule has 1 heterocycles. The highest BCUT2D eigenvalue weighted by molar-refractivity contribution is 6.64. The molecule has 0 aromatic heterocycles. The molecule has 1 rings (SSSR count). The Hall–Kier alpha value is -1.67. The Bertz CT molecular complexity index is 461. The molecule has 0 N–H and O–H groups in total. The summed E-state index contributed by atoms with van der Waals surface area (Å²) in [6, 6.07) is 0. The van der Waals surface area contributed by atoms with Crippen molar-refractivity contribution < 1.29 is 38.1 Å². The van der Waals surface area contributed by atoms with E-state index in [1.807, 2.05) is 0 Å². The highest BCUT2D eigenvalue weighted by Gasteiger charge is 2.51. The van der Waals surface area contributed by atoms with E-state index in [0.29, 0.717) is 0 Å². The first-order valence-electron chi connectivity index (χ1n) is 6.50. The number of hydrogen-bond acceptors (Lipinski definition) is 8. The summed E-state index contributed by atoms with van der Waals surface area (Å²) in [6.45, 7) is 4.95. The van der Waals surface area contributed by atoms with Crippen LogP contribution in [0.3, 0.4) is 0 Å². The fraction of sp³-hybridized carbons (Fsp3) is 0.692. The third-order valence-corrected chi connectivity index (χ3v) is 3.19. The van der Waals surface area contributed by atoms with Crippen molar-refractivity contribution in [3.05, 3.63) is 0 Å². The highest BCUT2D eigenvalue weighted by Crippen LogP contribution is 2.32. The molecule has 5 atom stereocenters. The fourth-order valence-corrected chi connectivity index (χ4v) is 2.42. The summed E-state index contributed by atoms with van der Waals surface area (Å²) in [5.74, 6) is -2.77. The number of carbonyl (C=O) groups excluding carboxylic acids is 4. The molecule has 0 spiro atoms. The number of carbonyl (C=O) groups is 4. The predicted molar refractivity (Wildman–Crippen MR) is 71.6 cm³/mol. The molecule has 0 radical (unpaired) electrons. The monoisotopic (exact) mass is 336 g/mol. The molecule has 22 heavy (non-hydrogen) atoms. The van der Waals surface area contributed by atoms with Gasteiger partial charge in [-0.15, -0.1) is 0 Å². The Morgan fingerprint density at radius 2 is 1.32 bits per heavy atom. The van der Waals surface area contributed by atoms with E-state index in [1.165, 1.54) is 0 Å². The molecule has 8 nitrogen and oxygen atoms in total. The highest BCUT2D eigenvalue weighted by atomic mass is 35.5. The van der Waals surface area contributed by atoms with E-state index < -0.39 is 53.7 Å². The van der Waals surface area contributed by atoms with Gasteiger partial charge in [-0.2, -0.15) is 0 Å². The van der Waals surface area contributed by atoms with Crippen molar-refractivity contribution in [1.82, 2.24) is 0 Å². The van der Waals surface area contributed by atoms with Crippen molar-refractivity contribution >= 4 is 34.8 Å². The summed E-state index contributed by atoms with van der Waals surface area (Å²) in [5.41, 5.74) is 0. The molecule has 1 aliphatic rings. The fourth-order valence-electron chi connectivity index (χ4n) is 2.17. The average Bonchev–Trinajstić information content (AvgIpc) is 2.35. The van der Waals surface area contributed by atoms with Crippen LogP contribution >= 0.6 is 11.6 Å². The van der Waals surface area contributed by atoms with E-state index in [2.05, 4.69) is 0 Å². The van der Waals surface area contributed by atoms with Crippen LogP contribution in [0.4, 0.5) is 0 Å². The van der Waals surface area contributed by atoms with Crippen molar-refractivity contribution in [2.45, 2.75) is 52.3 Å². The van der Waals surface area contributed by atoms with Crippen LogP contribution in [0, 0.1) is 5.92 Å². The van der Waals surface area contributed by atoms with Gasteiger partial charge in [0, 0.05) is 26.7 Å².